The molecule has 2 saturated heterocycles. The zero-order valence-electron chi connectivity index (χ0n) is 21.2. The van der Waals surface area contributed by atoms with Gasteiger partial charge in [0.15, 0.2) is 9.84 Å². The van der Waals surface area contributed by atoms with E-state index in [0.717, 1.165) is 35.0 Å². The van der Waals surface area contributed by atoms with Crippen molar-refractivity contribution in [1.29, 1.82) is 0 Å². The van der Waals surface area contributed by atoms with Gasteiger partial charge in [0.2, 0.25) is 0 Å². The van der Waals surface area contributed by atoms with Gasteiger partial charge < -0.3 is 15.2 Å². The van der Waals surface area contributed by atoms with Crippen LogP contribution in [0.2, 0.25) is 5.02 Å². The summed E-state index contributed by atoms with van der Waals surface area (Å²) >= 11 is 6.17. The number of nitrogens with zero attached hydrogens (tertiary/aromatic N) is 2. The predicted molar refractivity (Wildman–Crippen MR) is 152 cm³/mol. The van der Waals surface area contributed by atoms with Crippen LogP contribution < -0.4 is 10.2 Å². The highest BCUT2D eigenvalue weighted by molar-refractivity contribution is 7.90. The molecule has 6 rings (SSSR count). The van der Waals surface area contributed by atoms with Crippen LogP contribution >= 0.6 is 11.6 Å². The number of aromatic amines is 1. The average molecular weight is 563 g/mol. The number of sulfone groups is 1. The number of amides is 3. The molecule has 200 valence electrons. The molecule has 10 heteroatoms. The van der Waals surface area contributed by atoms with Crippen molar-refractivity contribution >= 4 is 50.0 Å². The molecule has 8 nitrogen and oxygen atoms in total. The fourth-order valence-corrected chi connectivity index (χ4v) is 6.79. The van der Waals surface area contributed by atoms with Crippen molar-refractivity contribution in [2.45, 2.75) is 29.8 Å². The van der Waals surface area contributed by atoms with Gasteiger partial charge in [-0.2, -0.15) is 0 Å². The first kappa shape index (κ1) is 25.5. The minimum atomic E-state index is -3.39. The van der Waals surface area contributed by atoms with Crippen molar-refractivity contribution in [2.75, 3.05) is 24.2 Å². The van der Waals surface area contributed by atoms with E-state index in [-0.39, 0.29) is 28.9 Å². The van der Waals surface area contributed by atoms with Crippen LogP contribution in [0.4, 0.5) is 10.5 Å². The summed E-state index contributed by atoms with van der Waals surface area (Å²) in [6.07, 6.45) is 4.48. The van der Waals surface area contributed by atoms with Crippen LogP contribution in [-0.2, 0) is 9.84 Å². The van der Waals surface area contributed by atoms with E-state index in [9.17, 15) is 18.0 Å². The number of piperidine rings is 1. The first-order valence-corrected chi connectivity index (χ1v) is 15.0. The lowest BCUT2D eigenvalue weighted by atomic mass is 9.97. The topological polar surface area (TPSA) is 103 Å². The highest BCUT2D eigenvalue weighted by Crippen LogP contribution is 2.33. The molecule has 0 saturated carbocycles. The van der Waals surface area contributed by atoms with E-state index in [4.69, 9.17) is 11.6 Å². The average Bonchev–Trinajstić information content (AvgIpc) is 3.48. The molecule has 2 N–H and O–H groups in total. The third kappa shape index (κ3) is 4.66. The zero-order chi connectivity index (χ0) is 27.3. The third-order valence-corrected chi connectivity index (χ3v) is 9.08. The number of urea groups is 1. The van der Waals surface area contributed by atoms with Crippen molar-refractivity contribution in [1.82, 2.24) is 15.2 Å². The van der Waals surface area contributed by atoms with E-state index in [0.29, 0.717) is 29.2 Å². The number of hydrogen-bond acceptors (Lipinski definition) is 4. The molecule has 2 aliphatic rings. The molecule has 2 atom stereocenters. The van der Waals surface area contributed by atoms with Gasteiger partial charge in [0.05, 0.1) is 28.5 Å². The van der Waals surface area contributed by atoms with Gasteiger partial charge in [-0.25, -0.2) is 13.2 Å². The Balaban J connectivity index is 1.20. The Morgan fingerprint density at radius 1 is 1.08 bits per heavy atom. The fraction of sp³-hybridized carbons (Fsp3) is 0.241. The summed E-state index contributed by atoms with van der Waals surface area (Å²) < 4.78 is 24.5. The van der Waals surface area contributed by atoms with Crippen molar-refractivity contribution in [3.63, 3.8) is 0 Å². The lowest BCUT2D eigenvalue weighted by molar-refractivity contribution is 0.0887. The molecule has 39 heavy (non-hydrogen) atoms. The number of hydrogen-bond donors (Lipinski definition) is 2. The molecule has 2 aliphatic heterocycles. The number of nitrogens with one attached hydrogen (secondary N) is 2. The molecule has 4 aromatic rings. The quantitative estimate of drug-likeness (QED) is 0.353. The second-order valence-corrected chi connectivity index (χ2v) is 12.5. The highest BCUT2D eigenvalue weighted by atomic mass is 35.5. The van der Waals surface area contributed by atoms with E-state index in [1.807, 2.05) is 35.2 Å². The molecule has 0 unspecified atom stereocenters. The standard InChI is InChI=1S/C29H27ClN4O4S/c1-39(37,38)27-7-3-2-5-21(27)18-8-11-20(12-9-18)34-17-26-24(6-4-14-33(26)29(34)36)32-28(35)19-10-13-22-23(30)16-31-25(22)15-19/h2-3,5,7-13,15-16,24,26,31H,4,6,14,17H2,1H3,(H,32,35)/t24-,26-/m1/s1. The van der Waals surface area contributed by atoms with Crippen LogP contribution in [0.3, 0.4) is 0 Å². The van der Waals surface area contributed by atoms with Crippen LogP contribution in [0.15, 0.2) is 77.8 Å². The number of aromatic nitrogens is 1. The van der Waals surface area contributed by atoms with Crippen molar-refractivity contribution in [3.05, 3.63) is 83.5 Å². The van der Waals surface area contributed by atoms with Crippen LogP contribution in [0.5, 0.6) is 0 Å². The maximum absolute atomic E-state index is 13.4. The smallest absolute Gasteiger partial charge is 0.324 e. The van der Waals surface area contributed by atoms with Gasteiger partial charge in [-0.15, -0.1) is 0 Å². The molecule has 0 aliphatic carbocycles. The maximum atomic E-state index is 13.4. The Morgan fingerprint density at radius 2 is 1.85 bits per heavy atom. The molecular formula is C29H27ClN4O4S. The van der Waals surface area contributed by atoms with Gasteiger partial charge in [0.1, 0.15) is 0 Å². The van der Waals surface area contributed by atoms with Crippen molar-refractivity contribution in [2.24, 2.45) is 0 Å². The summed E-state index contributed by atoms with van der Waals surface area (Å²) in [4.78, 5) is 33.4. The van der Waals surface area contributed by atoms with Crippen molar-refractivity contribution < 1.29 is 18.0 Å². The number of anilines is 1. The summed E-state index contributed by atoms with van der Waals surface area (Å²) in [6, 6.07) is 19.2. The van der Waals surface area contributed by atoms with Gasteiger partial charge in [0.25, 0.3) is 5.91 Å². The molecule has 0 radical (unpaired) electrons. The lowest BCUT2D eigenvalue weighted by Gasteiger charge is -2.35. The summed E-state index contributed by atoms with van der Waals surface area (Å²) in [5, 5.41) is 4.63. The highest BCUT2D eigenvalue weighted by Gasteiger charge is 2.44. The number of carbonyl (C=O) groups excluding carboxylic acids is 2. The van der Waals surface area contributed by atoms with Gasteiger partial charge in [0, 0.05) is 46.7 Å². The number of carbonyl (C=O) groups is 2. The Hall–Kier alpha value is -3.82. The molecule has 1 aromatic heterocycles. The summed E-state index contributed by atoms with van der Waals surface area (Å²) in [5.41, 5.74) is 3.44. The van der Waals surface area contributed by atoms with E-state index >= 15 is 0 Å². The summed E-state index contributed by atoms with van der Waals surface area (Å²) in [6.45, 7) is 1.09. The molecule has 3 aromatic carbocycles. The minimum absolute atomic E-state index is 0.0920. The number of rotatable bonds is 5. The second kappa shape index (κ2) is 9.73. The van der Waals surface area contributed by atoms with Gasteiger partial charge >= 0.3 is 6.03 Å². The summed E-state index contributed by atoms with van der Waals surface area (Å²) in [7, 11) is -3.39. The normalized spacial score (nSPS) is 19.4. The summed E-state index contributed by atoms with van der Waals surface area (Å²) in [5.74, 6) is -0.186. The predicted octanol–water partition coefficient (Wildman–Crippen LogP) is 5.09. The van der Waals surface area contributed by atoms with Gasteiger partial charge in [-0.05, 0) is 48.7 Å². The lowest BCUT2D eigenvalue weighted by Crippen LogP contribution is -2.54. The first-order valence-electron chi connectivity index (χ1n) is 12.8. The van der Waals surface area contributed by atoms with Crippen LogP contribution in [0.25, 0.3) is 22.0 Å². The zero-order valence-corrected chi connectivity index (χ0v) is 22.8. The van der Waals surface area contributed by atoms with E-state index in [1.165, 1.54) is 6.26 Å². The van der Waals surface area contributed by atoms with E-state index in [1.54, 1.807) is 47.5 Å². The molecule has 3 heterocycles. The molecule has 0 spiro atoms. The maximum Gasteiger partial charge on any atom is 0.324 e. The third-order valence-electron chi connectivity index (χ3n) is 7.61. The number of halogens is 1. The number of H-pyrrole nitrogens is 1. The Labute approximate surface area is 231 Å². The molecule has 3 amide bonds. The Kier molecular flexibility index (Phi) is 6.35. The second-order valence-electron chi connectivity index (χ2n) is 10.1. The van der Waals surface area contributed by atoms with E-state index < -0.39 is 9.84 Å². The van der Waals surface area contributed by atoms with Gasteiger partial charge in [-0.1, -0.05) is 48.0 Å². The SMILES string of the molecule is CS(=O)(=O)c1ccccc1-c1ccc(N2C[C@@H]3[C@H](NC(=O)c4ccc5c(Cl)c[nH]c5c4)CCCN3C2=O)cc1. The Morgan fingerprint density at radius 3 is 2.62 bits per heavy atom. The van der Waals surface area contributed by atoms with Crippen LogP contribution in [0, 0.1) is 0 Å². The Bertz CT molecular complexity index is 1700. The van der Waals surface area contributed by atoms with Crippen LogP contribution in [-0.4, -0.2) is 61.7 Å². The van der Waals surface area contributed by atoms with E-state index in [2.05, 4.69) is 10.3 Å². The minimum Gasteiger partial charge on any atom is -0.360 e. The first-order chi connectivity index (χ1) is 18.7. The fourth-order valence-electron chi connectivity index (χ4n) is 5.66. The van der Waals surface area contributed by atoms with Gasteiger partial charge in [-0.3, -0.25) is 9.69 Å². The monoisotopic (exact) mass is 562 g/mol. The van der Waals surface area contributed by atoms with Crippen molar-refractivity contribution in [3.8, 4) is 11.1 Å². The molecule has 0 bridgehead atoms. The number of fused-ring (bicyclic) bond motifs is 2. The molecule has 2 fully saturated rings. The number of benzene rings is 3. The van der Waals surface area contributed by atoms with Crippen LogP contribution in [0.1, 0.15) is 23.2 Å². The molecular weight excluding hydrogens is 536 g/mol. The largest absolute Gasteiger partial charge is 0.360 e.